The molecular weight excluding hydrogens is 595 g/mol. The molecule has 1 spiro atoms. The minimum atomic E-state index is -4.79. The van der Waals surface area contributed by atoms with E-state index in [1.54, 1.807) is 36.4 Å². The van der Waals surface area contributed by atoms with Crippen molar-refractivity contribution in [2.24, 2.45) is 5.41 Å². The lowest BCUT2D eigenvalue weighted by Crippen LogP contribution is -2.46. The molecule has 4 aromatic rings. The number of anilines is 2. The number of halogens is 3. The van der Waals surface area contributed by atoms with E-state index in [9.17, 15) is 23.1 Å². The fourth-order valence-corrected chi connectivity index (χ4v) is 7.02. The molecule has 4 N–H and O–H groups in total. The van der Waals surface area contributed by atoms with Crippen molar-refractivity contribution in [2.45, 2.75) is 57.0 Å². The lowest BCUT2D eigenvalue weighted by molar-refractivity contribution is -0.198. The van der Waals surface area contributed by atoms with Crippen molar-refractivity contribution >= 4 is 17.7 Å². The molecule has 8 nitrogen and oxygen atoms in total. The van der Waals surface area contributed by atoms with E-state index in [1.165, 1.54) is 12.1 Å². The number of carboxylic acid groups (broad SMARTS) is 1. The number of hydrogen-bond acceptors (Lipinski definition) is 7. The second kappa shape index (κ2) is 12.6. The highest BCUT2D eigenvalue weighted by atomic mass is 19.4. The first-order valence-electron chi connectivity index (χ1n) is 15.4. The summed E-state index contributed by atoms with van der Waals surface area (Å²) in [5.74, 6) is -0.968. The average molecular weight is 632 g/mol. The number of aromatic nitrogens is 2. The standard InChI is InChI=1S/C35H36F3N5O3/c1-2-28-34(21-27(40-28)32(44)45)15-17-43(18-16-34)29-20-30(42-33(39)41-29)46-31(35(36,37)38)26-19-24(22-9-5-3-6-10-22)13-14-25(26)23-11-7-4-8-12-23/h3-14,19-20,27-28,31,40H,2,15-18,21H2,1H3,(H,44,45)(H2,39,41,42)/t27?,28?,31-/m1/s1. The van der Waals surface area contributed by atoms with Gasteiger partial charge in [0.25, 0.3) is 0 Å². The Balaban J connectivity index is 1.31. The van der Waals surface area contributed by atoms with Crippen LogP contribution in [-0.4, -0.2) is 52.4 Å². The second-order valence-corrected chi connectivity index (χ2v) is 12.1. The van der Waals surface area contributed by atoms with Gasteiger partial charge in [0.2, 0.25) is 17.9 Å². The van der Waals surface area contributed by atoms with E-state index in [0.29, 0.717) is 54.9 Å². The van der Waals surface area contributed by atoms with E-state index in [1.807, 2.05) is 48.2 Å². The Bertz CT molecular complexity index is 1680. The number of aliphatic carboxylic acids is 1. The Morgan fingerprint density at radius 3 is 2.26 bits per heavy atom. The molecule has 2 aliphatic heterocycles. The van der Waals surface area contributed by atoms with Crippen molar-refractivity contribution < 1.29 is 27.8 Å². The molecule has 0 bridgehead atoms. The summed E-state index contributed by atoms with van der Waals surface area (Å²) in [5, 5.41) is 12.9. The smallest absolute Gasteiger partial charge is 0.429 e. The van der Waals surface area contributed by atoms with Crippen molar-refractivity contribution in [3.8, 4) is 28.1 Å². The van der Waals surface area contributed by atoms with Crippen LogP contribution in [-0.2, 0) is 4.79 Å². The van der Waals surface area contributed by atoms with Crippen LogP contribution in [0.1, 0.15) is 44.3 Å². The number of benzene rings is 3. The third kappa shape index (κ3) is 6.37. The predicted octanol–water partition coefficient (Wildman–Crippen LogP) is 6.89. The van der Waals surface area contributed by atoms with E-state index in [4.69, 9.17) is 10.5 Å². The van der Waals surface area contributed by atoms with Crippen LogP contribution in [0.2, 0.25) is 0 Å². The number of nitrogen functional groups attached to an aromatic ring is 1. The molecule has 0 radical (unpaired) electrons. The van der Waals surface area contributed by atoms with Crippen LogP contribution in [0, 0.1) is 5.41 Å². The first kappa shape index (κ1) is 31.3. The minimum Gasteiger partial charge on any atom is -0.480 e. The molecular formula is C35H36F3N5O3. The number of nitrogens with two attached hydrogens (primary N) is 1. The van der Waals surface area contributed by atoms with Gasteiger partial charge >= 0.3 is 12.1 Å². The summed E-state index contributed by atoms with van der Waals surface area (Å²) >= 11 is 0. The van der Waals surface area contributed by atoms with Crippen LogP contribution in [0.3, 0.4) is 0 Å². The van der Waals surface area contributed by atoms with Gasteiger partial charge in [0.1, 0.15) is 11.9 Å². The molecule has 3 atom stereocenters. The summed E-state index contributed by atoms with van der Waals surface area (Å²) < 4.78 is 50.6. The van der Waals surface area contributed by atoms with Gasteiger partial charge in [0, 0.05) is 30.8 Å². The summed E-state index contributed by atoms with van der Waals surface area (Å²) in [6.45, 7) is 3.13. The van der Waals surface area contributed by atoms with Gasteiger partial charge in [-0.2, -0.15) is 23.1 Å². The molecule has 6 rings (SSSR count). The second-order valence-electron chi connectivity index (χ2n) is 12.1. The highest BCUT2D eigenvalue weighted by molar-refractivity contribution is 5.75. The zero-order chi connectivity index (χ0) is 32.5. The summed E-state index contributed by atoms with van der Waals surface area (Å²) in [5.41, 5.74) is 8.22. The maximum atomic E-state index is 14.9. The van der Waals surface area contributed by atoms with Crippen molar-refractivity contribution in [2.75, 3.05) is 23.7 Å². The number of carboxylic acids is 1. The van der Waals surface area contributed by atoms with E-state index < -0.39 is 24.3 Å². The normalized spacial score (nSPS) is 20.0. The molecule has 2 fully saturated rings. The Kier molecular flexibility index (Phi) is 8.61. The molecule has 2 aliphatic rings. The average Bonchev–Trinajstić information content (AvgIpc) is 3.42. The molecule has 240 valence electrons. The summed E-state index contributed by atoms with van der Waals surface area (Å²) in [6, 6.07) is 24.0. The van der Waals surface area contributed by atoms with Crippen molar-refractivity contribution in [3.63, 3.8) is 0 Å². The molecule has 2 unspecified atom stereocenters. The predicted molar refractivity (Wildman–Crippen MR) is 170 cm³/mol. The molecule has 1 aromatic heterocycles. The summed E-state index contributed by atoms with van der Waals surface area (Å²) in [6.07, 6.45) is -4.38. The summed E-state index contributed by atoms with van der Waals surface area (Å²) in [7, 11) is 0. The quantitative estimate of drug-likeness (QED) is 0.193. The monoisotopic (exact) mass is 631 g/mol. The fraction of sp³-hybridized carbons (Fsp3) is 0.343. The third-order valence-electron chi connectivity index (χ3n) is 9.31. The zero-order valence-corrected chi connectivity index (χ0v) is 25.4. The van der Waals surface area contributed by atoms with E-state index in [-0.39, 0.29) is 28.8 Å². The third-order valence-corrected chi connectivity index (χ3v) is 9.31. The van der Waals surface area contributed by atoms with Crippen LogP contribution in [0.15, 0.2) is 84.9 Å². The fourth-order valence-electron chi connectivity index (χ4n) is 7.02. The number of nitrogens with one attached hydrogen (secondary N) is 1. The molecule has 46 heavy (non-hydrogen) atoms. The van der Waals surface area contributed by atoms with Crippen LogP contribution in [0.25, 0.3) is 22.3 Å². The molecule has 3 heterocycles. The van der Waals surface area contributed by atoms with Gasteiger partial charge < -0.3 is 25.8 Å². The van der Waals surface area contributed by atoms with E-state index >= 15 is 0 Å². The van der Waals surface area contributed by atoms with Gasteiger partial charge in [0.15, 0.2) is 0 Å². The number of ether oxygens (including phenoxy) is 1. The van der Waals surface area contributed by atoms with Gasteiger partial charge in [-0.1, -0.05) is 79.7 Å². The number of hydrogen-bond donors (Lipinski definition) is 3. The van der Waals surface area contributed by atoms with E-state index in [0.717, 1.165) is 12.0 Å². The van der Waals surface area contributed by atoms with Crippen LogP contribution in [0.5, 0.6) is 5.88 Å². The maximum Gasteiger partial charge on any atom is 0.429 e. The lowest BCUT2D eigenvalue weighted by Gasteiger charge is -2.43. The van der Waals surface area contributed by atoms with Gasteiger partial charge in [-0.05, 0) is 59.4 Å². The Morgan fingerprint density at radius 2 is 1.65 bits per heavy atom. The minimum absolute atomic E-state index is 0.0500. The molecule has 2 saturated heterocycles. The van der Waals surface area contributed by atoms with Crippen molar-refractivity contribution in [3.05, 3.63) is 90.5 Å². The van der Waals surface area contributed by atoms with E-state index in [2.05, 4.69) is 15.3 Å². The van der Waals surface area contributed by atoms with Crippen molar-refractivity contribution in [1.82, 2.24) is 15.3 Å². The molecule has 0 amide bonds. The van der Waals surface area contributed by atoms with Gasteiger partial charge in [-0.15, -0.1) is 0 Å². The Morgan fingerprint density at radius 1 is 1.00 bits per heavy atom. The highest BCUT2D eigenvalue weighted by Gasteiger charge is 2.50. The first-order chi connectivity index (χ1) is 22.1. The number of rotatable bonds is 8. The summed E-state index contributed by atoms with van der Waals surface area (Å²) in [4.78, 5) is 22.1. The highest BCUT2D eigenvalue weighted by Crippen LogP contribution is 2.46. The van der Waals surface area contributed by atoms with Gasteiger partial charge in [-0.25, -0.2) is 0 Å². The van der Waals surface area contributed by atoms with Crippen LogP contribution >= 0.6 is 0 Å². The number of carbonyl (C=O) groups is 1. The van der Waals surface area contributed by atoms with Gasteiger partial charge in [0.05, 0.1) is 0 Å². The first-order valence-corrected chi connectivity index (χ1v) is 15.4. The van der Waals surface area contributed by atoms with Crippen LogP contribution < -0.4 is 20.7 Å². The molecule has 3 aromatic carbocycles. The zero-order valence-electron chi connectivity index (χ0n) is 25.4. The largest absolute Gasteiger partial charge is 0.480 e. The Labute approximate surface area is 265 Å². The molecule has 11 heteroatoms. The molecule has 0 aliphatic carbocycles. The number of nitrogens with zero attached hydrogens (tertiary/aromatic N) is 3. The maximum absolute atomic E-state index is 14.9. The SMILES string of the molecule is CCC1NC(C(=O)O)CC12CCN(c1cc(O[C@H](c3cc(-c4ccccc4)ccc3-c3ccccc3)C(F)(F)F)nc(N)n1)CC2. The number of piperidine rings is 1. The van der Waals surface area contributed by atoms with Gasteiger partial charge in [-0.3, -0.25) is 4.79 Å². The Hall–Kier alpha value is -4.64. The molecule has 0 saturated carbocycles. The topological polar surface area (TPSA) is 114 Å². The lowest BCUT2D eigenvalue weighted by atomic mass is 9.71. The van der Waals surface area contributed by atoms with Crippen LogP contribution in [0.4, 0.5) is 24.9 Å². The van der Waals surface area contributed by atoms with Crippen molar-refractivity contribution in [1.29, 1.82) is 0 Å². The number of alkyl halides is 3.